The van der Waals surface area contributed by atoms with Gasteiger partial charge >= 0.3 is 0 Å². The van der Waals surface area contributed by atoms with Gasteiger partial charge in [-0.1, -0.05) is 12.1 Å². The van der Waals surface area contributed by atoms with Crippen LogP contribution < -0.4 is 10.6 Å². The first-order valence-electron chi connectivity index (χ1n) is 8.16. The van der Waals surface area contributed by atoms with Gasteiger partial charge in [0.05, 0.1) is 29.2 Å². The largest absolute Gasteiger partial charge is 0.392 e. The fourth-order valence-corrected chi connectivity index (χ4v) is 3.21. The number of aliphatic hydroxyl groups is 1. The number of aromatic nitrogens is 2. The average Bonchev–Trinajstić information content (AvgIpc) is 3.10. The smallest absolute Gasteiger partial charge is 0.237 e. The molecule has 1 aliphatic rings. The predicted octanol–water partition coefficient (Wildman–Crippen LogP) is 2.36. The molecule has 140 valence electrons. The van der Waals surface area contributed by atoms with Crippen molar-refractivity contribution in [1.82, 2.24) is 20.2 Å². The van der Waals surface area contributed by atoms with Gasteiger partial charge in [0.15, 0.2) is 0 Å². The van der Waals surface area contributed by atoms with Gasteiger partial charge in [0, 0.05) is 12.6 Å². The highest BCUT2D eigenvalue weighted by atomic mass is 35.5. The first-order chi connectivity index (χ1) is 11.0. The van der Waals surface area contributed by atoms with Crippen LogP contribution in [0, 0.1) is 0 Å². The van der Waals surface area contributed by atoms with Crippen molar-refractivity contribution in [2.75, 3.05) is 6.54 Å². The number of carbonyl (C=O) groups is 1. The van der Waals surface area contributed by atoms with Crippen molar-refractivity contribution in [2.24, 2.45) is 0 Å². The monoisotopic (exact) mass is 388 g/mol. The molecule has 3 N–H and O–H groups in total. The number of fused-ring (bicyclic) bond motifs is 1. The van der Waals surface area contributed by atoms with E-state index in [1.807, 2.05) is 25.1 Å². The van der Waals surface area contributed by atoms with E-state index >= 15 is 0 Å². The molecule has 0 aliphatic carbocycles. The van der Waals surface area contributed by atoms with Crippen LogP contribution in [0.3, 0.4) is 0 Å². The lowest BCUT2D eigenvalue weighted by Gasteiger charge is -2.20. The number of imidazole rings is 1. The van der Waals surface area contributed by atoms with Crippen molar-refractivity contribution in [3.63, 3.8) is 0 Å². The summed E-state index contributed by atoms with van der Waals surface area (Å²) in [6.45, 7) is 6.64. The zero-order chi connectivity index (χ0) is 16.6. The zero-order valence-electron chi connectivity index (χ0n) is 14.6. The van der Waals surface area contributed by atoms with Crippen molar-refractivity contribution in [3.05, 3.63) is 30.1 Å². The standard InChI is InChI=1S/C17H24N4O2.2ClH/c1-10(2)21-15-7-5-4-6-13(15)20-16(21)11(3)19-17(23)14-8-12(22)9-18-14;;/h4-7,10-12,14,18,22H,8-9H2,1-3H3,(H,19,23);2*1H. The van der Waals surface area contributed by atoms with E-state index in [1.165, 1.54) is 0 Å². The van der Waals surface area contributed by atoms with Crippen LogP contribution in [-0.2, 0) is 4.79 Å². The van der Waals surface area contributed by atoms with Crippen LogP contribution in [0.25, 0.3) is 11.0 Å². The summed E-state index contributed by atoms with van der Waals surface area (Å²) in [4.78, 5) is 17.1. The summed E-state index contributed by atoms with van der Waals surface area (Å²) >= 11 is 0. The van der Waals surface area contributed by atoms with Crippen molar-refractivity contribution < 1.29 is 9.90 Å². The Morgan fingerprint density at radius 2 is 2.00 bits per heavy atom. The number of carbonyl (C=O) groups excluding carboxylic acids is 1. The van der Waals surface area contributed by atoms with Crippen LogP contribution in [0.1, 0.15) is 45.1 Å². The molecule has 1 aliphatic heterocycles. The number of halogens is 2. The number of para-hydroxylation sites is 2. The summed E-state index contributed by atoms with van der Waals surface area (Å²) in [7, 11) is 0. The van der Waals surface area contributed by atoms with Gasteiger partial charge < -0.3 is 20.3 Å². The summed E-state index contributed by atoms with van der Waals surface area (Å²) < 4.78 is 2.16. The average molecular weight is 389 g/mol. The summed E-state index contributed by atoms with van der Waals surface area (Å²) in [6.07, 6.45) is 0.0142. The second-order valence-electron chi connectivity index (χ2n) is 6.50. The number of nitrogens with zero attached hydrogens (tertiary/aromatic N) is 2. The van der Waals surface area contributed by atoms with Crippen LogP contribution >= 0.6 is 24.8 Å². The molecule has 3 atom stereocenters. The fraction of sp³-hybridized carbons (Fsp3) is 0.529. The van der Waals surface area contributed by atoms with E-state index in [1.54, 1.807) is 0 Å². The number of aliphatic hydroxyl groups excluding tert-OH is 1. The minimum Gasteiger partial charge on any atom is -0.392 e. The second-order valence-corrected chi connectivity index (χ2v) is 6.50. The van der Waals surface area contributed by atoms with Crippen LogP contribution in [-0.4, -0.2) is 39.3 Å². The van der Waals surface area contributed by atoms with Gasteiger partial charge in [0.2, 0.25) is 5.91 Å². The maximum absolute atomic E-state index is 12.3. The topological polar surface area (TPSA) is 79.2 Å². The van der Waals surface area contributed by atoms with Gasteiger partial charge in [-0.3, -0.25) is 4.79 Å². The highest BCUT2D eigenvalue weighted by Crippen LogP contribution is 2.25. The third kappa shape index (κ3) is 4.44. The molecule has 6 nitrogen and oxygen atoms in total. The Hall–Kier alpha value is -1.34. The van der Waals surface area contributed by atoms with Crippen LogP contribution in [0.15, 0.2) is 24.3 Å². The molecule has 0 spiro atoms. The molecule has 1 aromatic heterocycles. The Morgan fingerprint density at radius 1 is 1.32 bits per heavy atom. The van der Waals surface area contributed by atoms with E-state index < -0.39 is 6.10 Å². The molecule has 2 aromatic rings. The SMILES string of the molecule is CC(NC(=O)C1CC(O)CN1)c1nc2ccccc2n1C(C)C.Cl.Cl. The van der Waals surface area contributed by atoms with E-state index in [9.17, 15) is 9.90 Å². The number of rotatable bonds is 4. The minimum atomic E-state index is -0.443. The van der Waals surface area contributed by atoms with Gasteiger partial charge in [-0.15, -0.1) is 24.8 Å². The maximum Gasteiger partial charge on any atom is 0.237 e. The highest BCUT2D eigenvalue weighted by molar-refractivity contribution is 5.85. The Morgan fingerprint density at radius 3 is 2.60 bits per heavy atom. The van der Waals surface area contributed by atoms with Crippen molar-refractivity contribution >= 4 is 41.8 Å². The van der Waals surface area contributed by atoms with E-state index in [-0.39, 0.29) is 48.8 Å². The third-order valence-corrected chi connectivity index (χ3v) is 4.31. The lowest BCUT2D eigenvalue weighted by Crippen LogP contribution is -2.42. The number of benzene rings is 1. The summed E-state index contributed by atoms with van der Waals surface area (Å²) in [6, 6.07) is 7.73. The Labute approximate surface area is 160 Å². The van der Waals surface area contributed by atoms with Gasteiger partial charge in [0.25, 0.3) is 0 Å². The van der Waals surface area contributed by atoms with E-state index in [4.69, 9.17) is 4.98 Å². The molecule has 3 rings (SSSR count). The number of hydrogen-bond donors (Lipinski definition) is 3. The zero-order valence-corrected chi connectivity index (χ0v) is 16.2. The number of nitrogens with one attached hydrogen (secondary N) is 2. The quantitative estimate of drug-likeness (QED) is 0.750. The van der Waals surface area contributed by atoms with Crippen molar-refractivity contribution in [3.8, 4) is 0 Å². The molecule has 1 saturated heterocycles. The van der Waals surface area contributed by atoms with Crippen LogP contribution in [0.4, 0.5) is 0 Å². The van der Waals surface area contributed by atoms with E-state index in [2.05, 4.69) is 35.1 Å². The molecular formula is C17H26Cl2N4O2. The Balaban J connectivity index is 0.00000156. The Kier molecular flexibility index (Phi) is 7.68. The second kappa shape index (κ2) is 8.85. The van der Waals surface area contributed by atoms with Gasteiger partial charge in [-0.25, -0.2) is 4.98 Å². The number of amides is 1. The Bertz CT molecular complexity index is 720. The van der Waals surface area contributed by atoms with Crippen molar-refractivity contribution in [2.45, 2.75) is 51.4 Å². The summed E-state index contributed by atoms with van der Waals surface area (Å²) in [5.41, 5.74) is 2.01. The molecule has 0 bridgehead atoms. The van der Waals surface area contributed by atoms with Crippen LogP contribution in [0.5, 0.6) is 0 Å². The van der Waals surface area contributed by atoms with Gasteiger partial charge in [-0.2, -0.15) is 0 Å². The lowest BCUT2D eigenvalue weighted by molar-refractivity contribution is -0.123. The number of hydrogen-bond acceptors (Lipinski definition) is 4. The number of β-amino-alcohol motifs (C(OH)–C–C–N with tert-alkyl or cyclic N) is 1. The molecule has 8 heteroatoms. The first kappa shape index (κ1) is 21.7. The molecule has 0 saturated carbocycles. The normalized spacial score (nSPS) is 20.8. The molecule has 1 aromatic carbocycles. The minimum absolute atomic E-state index is 0. The third-order valence-electron chi connectivity index (χ3n) is 4.31. The molecule has 2 heterocycles. The molecule has 25 heavy (non-hydrogen) atoms. The first-order valence-corrected chi connectivity index (χ1v) is 8.16. The van der Waals surface area contributed by atoms with E-state index in [0.717, 1.165) is 16.9 Å². The molecule has 1 fully saturated rings. The molecule has 3 unspecified atom stereocenters. The van der Waals surface area contributed by atoms with Gasteiger partial charge in [-0.05, 0) is 39.3 Å². The molecule has 0 radical (unpaired) electrons. The predicted molar refractivity (Wildman–Crippen MR) is 104 cm³/mol. The van der Waals surface area contributed by atoms with E-state index in [0.29, 0.717) is 13.0 Å². The summed E-state index contributed by atoms with van der Waals surface area (Å²) in [5.74, 6) is 0.768. The maximum atomic E-state index is 12.3. The molecule has 1 amide bonds. The van der Waals surface area contributed by atoms with Crippen molar-refractivity contribution in [1.29, 1.82) is 0 Å². The van der Waals surface area contributed by atoms with Gasteiger partial charge in [0.1, 0.15) is 5.82 Å². The summed E-state index contributed by atoms with van der Waals surface area (Å²) in [5, 5.41) is 15.6. The fourth-order valence-electron chi connectivity index (χ4n) is 3.21. The lowest BCUT2D eigenvalue weighted by atomic mass is 10.1. The highest BCUT2D eigenvalue weighted by Gasteiger charge is 2.29. The van der Waals surface area contributed by atoms with Crippen LogP contribution in [0.2, 0.25) is 0 Å². The molecular weight excluding hydrogens is 363 g/mol.